The molecular weight excluding hydrogens is 266 g/mol. The van der Waals surface area contributed by atoms with E-state index in [1.54, 1.807) is 7.11 Å². The SMILES string of the molecule is CO[C@@H](C)CC(=O)Nc1ccc2c(c1)N(C)CCN(C)C2. The molecule has 0 radical (unpaired) electrons. The first-order chi connectivity index (χ1) is 9.99. The van der Waals surface area contributed by atoms with Crippen LogP contribution in [-0.4, -0.2) is 51.2 Å². The Bertz CT molecular complexity index is 504. The van der Waals surface area contributed by atoms with Crippen molar-refractivity contribution in [3.8, 4) is 0 Å². The highest BCUT2D eigenvalue weighted by molar-refractivity contribution is 5.91. The van der Waals surface area contributed by atoms with E-state index < -0.39 is 0 Å². The van der Waals surface area contributed by atoms with Crippen molar-refractivity contribution in [1.29, 1.82) is 0 Å². The third kappa shape index (κ3) is 4.19. The van der Waals surface area contributed by atoms with Crippen LogP contribution in [0, 0.1) is 0 Å². The third-order valence-corrected chi connectivity index (χ3v) is 3.91. The lowest BCUT2D eigenvalue weighted by Gasteiger charge is -2.20. The number of hydrogen-bond acceptors (Lipinski definition) is 4. The van der Waals surface area contributed by atoms with Crippen molar-refractivity contribution in [3.63, 3.8) is 0 Å². The Morgan fingerprint density at radius 2 is 2.14 bits per heavy atom. The number of carbonyl (C=O) groups is 1. The van der Waals surface area contributed by atoms with Gasteiger partial charge in [-0.25, -0.2) is 0 Å². The number of nitrogens with zero attached hydrogens (tertiary/aromatic N) is 2. The van der Waals surface area contributed by atoms with Gasteiger partial charge >= 0.3 is 0 Å². The van der Waals surface area contributed by atoms with Gasteiger partial charge in [-0.05, 0) is 31.7 Å². The predicted molar refractivity (Wildman–Crippen MR) is 85.8 cm³/mol. The van der Waals surface area contributed by atoms with E-state index in [9.17, 15) is 4.79 Å². The summed E-state index contributed by atoms with van der Waals surface area (Å²) in [6.45, 7) is 4.86. The lowest BCUT2D eigenvalue weighted by molar-refractivity contribution is -0.118. The van der Waals surface area contributed by atoms with E-state index in [4.69, 9.17) is 4.74 Å². The molecule has 1 atom stereocenters. The van der Waals surface area contributed by atoms with Gasteiger partial charge < -0.3 is 19.9 Å². The average molecular weight is 291 g/mol. The largest absolute Gasteiger partial charge is 0.381 e. The van der Waals surface area contributed by atoms with Crippen LogP contribution in [0.5, 0.6) is 0 Å². The highest BCUT2D eigenvalue weighted by Crippen LogP contribution is 2.27. The van der Waals surface area contributed by atoms with Crippen LogP contribution in [0.15, 0.2) is 18.2 Å². The Labute approximate surface area is 126 Å². The molecule has 5 nitrogen and oxygen atoms in total. The number of hydrogen-bond donors (Lipinski definition) is 1. The van der Waals surface area contributed by atoms with Crippen LogP contribution in [0.3, 0.4) is 0 Å². The van der Waals surface area contributed by atoms with Crippen molar-refractivity contribution >= 4 is 17.3 Å². The van der Waals surface area contributed by atoms with Crippen LogP contribution < -0.4 is 10.2 Å². The van der Waals surface area contributed by atoms with Gasteiger partial charge in [-0.15, -0.1) is 0 Å². The number of likely N-dealkylation sites (N-methyl/N-ethyl adjacent to an activating group) is 2. The van der Waals surface area contributed by atoms with E-state index in [1.165, 1.54) is 11.3 Å². The van der Waals surface area contributed by atoms with E-state index in [-0.39, 0.29) is 12.0 Å². The van der Waals surface area contributed by atoms with Gasteiger partial charge in [0.05, 0.1) is 12.5 Å². The highest BCUT2D eigenvalue weighted by Gasteiger charge is 2.16. The minimum absolute atomic E-state index is 0.0160. The molecule has 5 heteroatoms. The molecule has 0 spiro atoms. The van der Waals surface area contributed by atoms with Crippen molar-refractivity contribution in [2.75, 3.05) is 44.5 Å². The zero-order valence-electron chi connectivity index (χ0n) is 13.3. The molecule has 0 saturated heterocycles. The minimum Gasteiger partial charge on any atom is -0.381 e. The minimum atomic E-state index is -0.0675. The molecule has 0 bridgehead atoms. The number of nitrogens with one attached hydrogen (secondary N) is 1. The summed E-state index contributed by atoms with van der Waals surface area (Å²) in [5.74, 6) is -0.0160. The molecule has 116 valence electrons. The van der Waals surface area contributed by atoms with E-state index in [1.807, 2.05) is 13.0 Å². The average Bonchev–Trinajstić information content (AvgIpc) is 2.58. The quantitative estimate of drug-likeness (QED) is 0.921. The van der Waals surface area contributed by atoms with E-state index >= 15 is 0 Å². The lowest BCUT2D eigenvalue weighted by atomic mass is 10.1. The standard InChI is InChI=1S/C16H25N3O2/c1-12(21-4)9-16(20)17-14-6-5-13-11-18(2)7-8-19(3)15(13)10-14/h5-6,10,12H,7-9,11H2,1-4H3,(H,17,20)/t12-/m0/s1. The predicted octanol–water partition coefficient (Wildman–Crippen LogP) is 1.93. The molecule has 1 amide bonds. The second-order valence-electron chi connectivity index (χ2n) is 5.80. The third-order valence-electron chi connectivity index (χ3n) is 3.91. The zero-order valence-corrected chi connectivity index (χ0v) is 13.3. The van der Waals surface area contributed by atoms with E-state index in [0.29, 0.717) is 6.42 Å². The van der Waals surface area contributed by atoms with Gasteiger partial charge in [-0.3, -0.25) is 4.79 Å². The summed E-state index contributed by atoms with van der Waals surface area (Å²) in [6, 6.07) is 6.13. The number of ether oxygens (including phenoxy) is 1. The van der Waals surface area contributed by atoms with E-state index in [0.717, 1.165) is 25.3 Å². The number of anilines is 2. The Balaban J connectivity index is 2.11. The second kappa shape index (κ2) is 6.91. The normalized spacial score (nSPS) is 17.0. The lowest BCUT2D eigenvalue weighted by Crippen LogP contribution is -2.26. The molecule has 1 N–H and O–H groups in total. The molecule has 0 fully saturated rings. The summed E-state index contributed by atoms with van der Waals surface area (Å²) in [7, 11) is 5.84. The number of rotatable bonds is 4. The summed E-state index contributed by atoms with van der Waals surface area (Å²) in [4.78, 5) is 16.5. The Kier molecular flexibility index (Phi) is 5.20. The number of benzene rings is 1. The molecule has 1 aliphatic heterocycles. The van der Waals surface area contributed by atoms with Gasteiger partial charge in [0, 0.05) is 45.2 Å². The van der Waals surface area contributed by atoms with Gasteiger partial charge in [0.1, 0.15) is 0 Å². The maximum Gasteiger partial charge on any atom is 0.226 e. The number of carbonyl (C=O) groups excluding carboxylic acids is 1. The molecule has 1 aromatic rings. The molecule has 1 aromatic carbocycles. The Morgan fingerprint density at radius 3 is 2.86 bits per heavy atom. The molecule has 1 aliphatic rings. The molecule has 21 heavy (non-hydrogen) atoms. The van der Waals surface area contributed by atoms with Crippen molar-refractivity contribution in [2.45, 2.75) is 26.0 Å². The van der Waals surface area contributed by atoms with E-state index in [2.05, 4.69) is 41.3 Å². The molecule has 0 unspecified atom stereocenters. The van der Waals surface area contributed by atoms with Gasteiger partial charge in [-0.1, -0.05) is 6.07 Å². The molecule has 1 heterocycles. The van der Waals surface area contributed by atoms with Crippen LogP contribution in [0.4, 0.5) is 11.4 Å². The summed E-state index contributed by atoms with van der Waals surface area (Å²) in [6.07, 6.45) is 0.300. The molecule has 0 aromatic heterocycles. The summed E-state index contributed by atoms with van der Waals surface area (Å²) >= 11 is 0. The smallest absolute Gasteiger partial charge is 0.226 e. The highest BCUT2D eigenvalue weighted by atomic mass is 16.5. The molecule has 2 rings (SSSR count). The van der Waals surface area contributed by atoms with Crippen LogP contribution >= 0.6 is 0 Å². The van der Waals surface area contributed by atoms with Gasteiger partial charge in [0.25, 0.3) is 0 Å². The first-order valence-corrected chi connectivity index (χ1v) is 7.35. The van der Waals surface area contributed by atoms with Crippen LogP contribution in [0.1, 0.15) is 18.9 Å². The van der Waals surface area contributed by atoms with Crippen molar-refractivity contribution < 1.29 is 9.53 Å². The maximum atomic E-state index is 11.9. The van der Waals surface area contributed by atoms with Crippen molar-refractivity contribution in [2.24, 2.45) is 0 Å². The monoisotopic (exact) mass is 291 g/mol. The number of methoxy groups -OCH3 is 1. The summed E-state index contributed by atoms with van der Waals surface area (Å²) in [5, 5.41) is 2.95. The van der Waals surface area contributed by atoms with Crippen LogP contribution in [0.25, 0.3) is 0 Å². The first-order valence-electron chi connectivity index (χ1n) is 7.35. The maximum absolute atomic E-state index is 11.9. The van der Waals surface area contributed by atoms with Gasteiger partial charge in [0.15, 0.2) is 0 Å². The zero-order chi connectivity index (χ0) is 15.4. The van der Waals surface area contributed by atoms with Crippen LogP contribution in [-0.2, 0) is 16.1 Å². The molecule has 0 aliphatic carbocycles. The van der Waals surface area contributed by atoms with Gasteiger partial charge in [-0.2, -0.15) is 0 Å². The number of fused-ring (bicyclic) bond motifs is 1. The molecular formula is C16H25N3O2. The topological polar surface area (TPSA) is 44.8 Å². The van der Waals surface area contributed by atoms with Gasteiger partial charge in [0.2, 0.25) is 5.91 Å². The fourth-order valence-corrected chi connectivity index (χ4v) is 2.50. The summed E-state index contributed by atoms with van der Waals surface area (Å²) in [5.41, 5.74) is 3.33. The fraction of sp³-hybridized carbons (Fsp3) is 0.562. The molecule has 0 saturated carbocycles. The fourth-order valence-electron chi connectivity index (χ4n) is 2.50. The van der Waals surface area contributed by atoms with Crippen molar-refractivity contribution in [1.82, 2.24) is 4.90 Å². The van der Waals surface area contributed by atoms with Crippen LogP contribution in [0.2, 0.25) is 0 Å². The Morgan fingerprint density at radius 1 is 1.38 bits per heavy atom. The number of amides is 1. The summed E-state index contributed by atoms with van der Waals surface area (Å²) < 4.78 is 5.12. The van der Waals surface area contributed by atoms with Crippen molar-refractivity contribution in [3.05, 3.63) is 23.8 Å². The second-order valence-corrected chi connectivity index (χ2v) is 5.80. The Hall–Kier alpha value is -1.59. The first kappa shape index (κ1) is 15.8.